The maximum Gasteiger partial charge on any atom is 0.309 e. The van der Waals surface area contributed by atoms with Gasteiger partial charge in [-0.1, -0.05) is 19.8 Å². The average Bonchev–Trinajstić information content (AvgIpc) is 2.53. The quantitative estimate of drug-likeness (QED) is 0.789. The normalized spacial score (nSPS) is 22.7. The third-order valence-electron chi connectivity index (χ3n) is 4.30. The second kappa shape index (κ2) is 7.13. The van der Waals surface area contributed by atoms with Crippen molar-refractivity contribution in [1.29, 1.82) is 0 Å². The Balaban J connectivity index is 2.38. The number of hydrogen-bond acceptors (Lipinski definition) is 2. The summed E-state index contributed by atoms with van der Waals surface area (Å²) in [6.45, 7) is 8.19. The Bertz CT molecular complexity index is 263. The fraction of sp³-hybridized carbons (Fsp3) is 0.933. The Hall–Kier alpha value is -0.570. The van der Waals surface area contributed by atoms with Crippen LogP contribution in [-0.4, -0.2) is 35.1 Å². The minimum Gasteiger partial charge on any atom is -0.481 e. The van der Waals surface area contributed by atoms with E-state index in [0.29, 0.717) is 0 Å². The number of nitrogens with zero attached hydrogens (tertiary/aromatic N) is 1. The Labute approximate surface area is 112 Å². The Morgan fingerprint density at radius 3 is 2.67 bits per heavy atom. The molecule has 0 aromatic carbocycles. The van der Waals surface area contributed by atoms with Crippen molar-refractivity contribution in [2.45, 2.75) is 71.8 Å². The molecule has 18 heavy (non-hydrogen) atoms. The Morgan fingerprint density at radius 1 is 1.33 bits per heavy atom. The molecule has 1 aliphatic rings. The molecule has 0 bridgehead atoms. The smallest absolute Gasteiger partial charge is 0.309 e. The van der Waals surface area contributed by atoms with Gasteiger partial charge < -0.3 is 10.0 Å². The average molecular weight is 255 g/mol. The largest absolute Gasteiger partial charge is 0.481 e. The summed E-state index contributed by atoms with van der Waals surface area (Å²) in [6.07, 6.45) is 8.33. The molecule has 1 N–H and O–H groups in total. The SMILES string of the molecule is CCC1CCCCCN1CCCC(C)(C)C(=O)O. The van der Waals surface area contributed by atoms with Gasteiger partial charge in [0.1, 0.15) is 0 Å². The third kappa shape index (κ3) is 4.60. The number of likely N-dealkylation sites (tertiary alicyclic amines) is 1. The van der Waals surface area contributed by atoms with Gasteiger partial charge in [-0.15, -0.1) is 0 Å². The molecule has 0 aromatic rings. The van der Waals surface area contributed by atoms with E-state index in [9.17, 15) is 4.79 Å². The minimum absolute atomic E-state index is 0.576. The van der Waals surface area contributed by atoms with Crippen molar-refractivity contribution >= 4 is 5.97 Å². The molecule has 1 fully saturated rings. The molecule has 0 amide bonds. The van der Waals surface area contributed by atoms with Gasteiger partial charge in [0.15, 0.2) is 0 Å². The van der Waals surface area contributed by atoms with Crippen molar-refractivity contribution in [2.24, 2.45) is 5.41 Å². The van der Waals surface area contributed by atoms with Crippen molar-refractivity contribution in [3.05, 3.63) is 0 Å². The molecule has 1 aliphatic heterocycles. The first kappa shape index (κ1) is 15.5. The maximum absolute atomic E-state index is 11.1. The van der Waals surface area contributed by atoms with Gasteiger partial charge >= 0.3 is 5.97 Å². The van der Waals surface area contributed by atoms with E-state index in [1.54, 1.807) is 0 Å². The molecule has 1 atom stereocenters. The monoisotopic (exact) mass is 255 g/mol. The zero-order valence-electron chi connectivity index (χ0n) is 12.2. The van der Waals surface area contributed by atoms with E-state index in [2.05, 4.69) is 11.8 Å². The first-order chi connectivity index (χ1) is 8.47. The van der Waals surface area contributed by atoms with Crippen LogP contribution in [0.25, 0.3) is 0 Å². The molecule has 0 saturated carbocycles. The number of aliphatic carboxylic acids is 1. The molecule has 106 valence electrons. The summed E-state index contributed by atoms with van der Waals surface area (Å²) in [5.41, 5.74) is -0.576. The van der Waals surface area contributed by atoms with Crippen LogP contribution in [0.1, 0.15) is 65.7 Å². The van der Waals surface area contributed by atoms with Crippen LogP contribution in [-0.2, 0) is 4.79 Å². The molecule has 3 nitrogen and oxygen atoms in total. The standard InChI is InChI=1S/C15H29NO2/c1-4-13-9-6-5-7-11-16(13)12-8-10-15(2,3)14(17)18/h13H,4-12H2,1-3H3,(H,17,18). The minimum atomic E-state index is -0.676. The molecule has 1 heterocycles. The summed E-state index contributed by atoms with van der Waals surface area (Å²) in [6, 6.07) is 0.723. The molecule has 1 saturated heterocycles. The van der Waals surface area contributed by atoms with E-state index in [1.807, 2.05) is 13.8 Å². The van der Waals surface area contributed by atoms with Gasteiger partial charge in [-0.25, -0.2) is 0 Å². The lowest BCUT2D eigenvalue weighted by Crippen LogP contribution is -2.36. The first-order valence-electron chi connectivity index (χ1n) is 7.45. The van der Waals surface area contributed by atoms with Crippen LogP contribution in [0.5, 0.6) is 0 Å². The molecular weight excluding hydrogens is 226 g/mol. The number of carboxylic acids is 1. The molecule has 0 aromatic heterocycles. The van der Waals surface area contributed by atoms with Crippen molar-refractivity contribution in [3.8, 4) is 0 Å². The van der Waals surface area contributed by atoms with E-state index in [1.165, 1.54) is 38.6 Å². The van der Waals surface area contributed by atoms with Crippen LogP contribution in [0, 0.1) is 5.41 Å². The summed E-state index contributed by atoms with van der Waals surface area (Å²) in [5.74, 6) is -0.676. The van der Waals surface area contributed by atoms with Gasteiger partial charge in [0.2, 0.25) is 0 Å². The highest BCUT2D eigenvalue weighted by molar-refractivity contribution is 5.73. The lowest BCUT2D eigenvalue weighted by molar-refractivity contribution is -0.147. The summed E-state index contributed by atoms with van der Waals surface area (Å²) >= 11 is 0. The van der Waals surface area contributed by atoms with Crippen LogP contribution in [0.3, 0.4) is 0 Å². The summed E-state index contributed by atoms with van der Waals surface area (Å²) < 4.78 is 0. The lowest BCUT2D eigenvalue weighted by Gasteiger charge is -2.30. The molecule has 0 aliphatic carbocycles. The molecule has 1 rings (SSSR count). The Kier molecular flexibility index (Phi) is 6.13. The number of carbonyl (C=O) groups is 1. The van der Waals surface area contributed by atoms with E-state index < -0.39 is 11.4 Å². The van der Waals surface area contributed by atoms with Gasteiger partial charge in [0.25, 0.3) is 0 Å². The fourth-order valence-electron chi connectivity index (χ4n) is 2.82. The van der Waals surface area contributed by atoms with Crippen LogP contribution in [0.15, 0.2) is 0 Å². The summed E-state index contributed by atoms with van der Waals surface area (Å²) in [4.78, 5) is 13.7. The predicted molar refractivity (Wildman–Crippen MR) is 74.8 cm³/mol. The lowest BCUT2D eigenvalue weighted by atomic mass is 9.88. The Morgan fingerprint density at radius 2 is 2.06 bits per heavy atom. The zero-order valence-corrected chi connectivity index (χ0v) is 12.2. The highest BCUT2D eigenvalue weighted by Gasteiger charge is 2.27. The van der Waals surface area contributed by atoms with E-state index >= 15 is 0 Å². The number of hydrogen-bond donors (Lipinski definition) is 1. The second-order valence-electron chi connectivity index (χ2n) is 6.24. The second-order valence-corrected chi connectivity index (χ2v) is 6.24. The van der Waals surface area contributed by atoms with Gasteiger partial charge in [0.05, 0.1) is 5.41 Å². The van der Waals surface area contributed by atoms with Crippen LogP contribution in [0.2, 0.25) is 0 Å². The zero-order chi connectivity index (χ0) is 13.6. The third-order valence-corrected chi connectivity index (χ3v) is 4.30. The van der Waals surface area contributed by atoms with Gasteiger partial charge in [-0.3, -0.25) is 4.79 Å². The van der Waals surface area contributed by atoms with Gasteiger partial charge in [0, 0.05) is 6.04 Å². The first-order valence-corrected chi connectivity index (χ1v) is 7.45. The highest BCUT2D eigenvalue weighted by Crippen LogP contribution is 2.24. The van der Waals surface area contributed by atoms with Gasteiger partial charge in [-0.2, -0.15) is 0 Å². The summed E-state index contributed by atoms with van der Waals surface area (Å²) in [7, 11) is 0. The molecule has 0 spiro atoms. The van der Waals surface area contributed by atoms with E-state index in [-0.39, 0.29) is 0 Å². The summed E-state index contributed by atoms with van der Waals surface area (Å²) in [5, 5.41) is 9.11. The van der Waals surface area contributed by atoms with Crippen LogP contribution < -0.4 is 0 Å². The number of carboxylic acid groups (broad SMARTS) is 1. The molecule has 1 unspecified atom stereocenters. The molecule has 3 heteroatoms. The van der Waals surface area contributed by atoms with Crippen molar-refractivity contribution < 1.29 is 9.90 Å². The highest BCUT2D eigenvalue weighted by atomic mass is 16.4. The van der Waals surface area contributed by atoms with E-state index in [0.717, 1.165) is 25.4 Å². The van der Waals surface area contributed by atoms with Gasteiger partial charge in [-0.05, 0) is 59.0 Å². The van der Waals surface area contributed by atoms with Crippen molar-refractivity contribution in [2.75, 3.05) is 13.1 Å². The fourth-order valence-corrected chi connectivity index (χ4v) is 2.82. The van der Waals surface area contributed by atoms with E-state index in [4.69, 9.17) is 5.11 Å². The van der Waals surface area contributed by atoms with Crippen LogP contribution >= 0.6 is 0 Å². The van der Waals surface area contributed by atoms with Crippen LogP contribution in [0.4, 0.5) is 0 Å². The maximum atomic E-state index is 11.1. The van der Waals surface area contributed by atoms with Crippen molar-refractivity contribution in [1.82, 2.24) is 4.90 Å². The molecular formula is C15H29NO2. The van der Waals surface area contributed by atoms with Crippen molar-refractivity contribution in [3.63, 3.8) is 0 Å². The molecule has 0 radical (unpaired) electrons. The number of rotatable bonds is 6. The topological polar surface area (TPSA) is 40.5 Å². The predicted octanol–water partition coefficient (Wildman–Crippen LogP) is 3.53.